The zero-order valence-electron chi connectivity index (χ0n) is 11.2. The van der Waals surface area contributed by atoms with Crippen molar-refractivity contribution in [1.29, 1.82) is 0 Å². The molecule has 0 bridgehead atoms. The summed E-state index contributed by atoms with van der Waals surface area (Å²) >= 11 is 0. The van der Waals surface area contributed by atoms with Crippen LogP contribution in [-0.2, 0) is 10.0 Å². The predicted octanol–water partition coefficient (Wildman–Crippen LogP) is 2.92. The topological polar surface area (TPSA) is 46.2 Å². The third-order valence-corrected chi connectivity index (χ3v) is 4.97. The summed E-state index contributed by atoms with van der Waals surface area (Å²) in [6.45, 7) is 4.72. The van der Waals surface area contributed by atoms with Gasteiger partial charge >= 0.3 is 0 Å². The molecule has 1 saturated carbocycles. The van der Waals surface area contributed by atoms with E-state index in [2.05, 4.69) is 18.6 Å². The van der Waals surface area contributed by atoms with Crippen LogP contribution in [0, 0.1) is 11.8 Å². The van der Waals surface area contributed by atoms with Gasteiger partial charge in [-0.2, -0.15) is 0 Å². The van der Waals surface area contributed by atoms with Crippen LogP contribution in [0.2, 0.25) is 0 Å². The lowest BCUT2D eigenvalue weighted by Gasteiger charge is -2.10. The average Bonchev–Trinajstić information content (AvgIpc) is 2.75. The zero-order chi connectivity index (χ0) is 12.7. The summed E-state index contributed by atoms with van der Waals surface area (Å²) in [5.41, 5.74) is 0. The summed E-state index contributed by atoms with van der Waals surface area (Å²) in [6.07, 6.45) is 8.35. The summed E-state index contributed by atoms with van der Waals surface area (Å²) in [6, 6.07) is 0. The van der Waals surface area contributed by atoms with Crippen molar-refractivity contribution >= 4 is 10.0 Å². The zero-order valence-corrected chi connectivity index (χ0v) is 12.1. The Morgan fingerprint density at radius 2 is 1.88 bits per heavy atom. The van der Waals surface area contributed by atoms with Crippen LogP contribution in [0.25, 0.3) is 0 Å². The fourth-order valence-electron chi connectivity index (χ4n) is 2.38. The van der Waals surface area contributed by atoms with Gasteiger partial charge in [0.15, 0.2) is 0 Å². The molecule has 0 atom stereocenters. The first-order valence-corrected chi connectivity index (χ1v) is 8.62. The summed E-state index contributed by atoms with van der Waals surface area (Å²) in [4.78, 5) is 0. The highest BCUT2D eigenvalue weighted by Gasteiger charge is 2.15. The van der Waals surface area contributed by atoms with Gasteiger partial charge < -0.3 is 0 Å². The van der Waals surface area contributed by atoms with Crippen molar-refractivity contribution in [3.8, 4) is 0 Å². The number of hydrogen-bond donors (Lipinski definition) is 1. The molecule has 1 rings (SSSR count). The molecule has 0 aliphatic heterocycles. The molecule has 0 saturated heterocycles. The highest BCUT2D eigenvalue weighted by Crippen LogP contribution is 2.28. The highest BCUT2D eigenvalue weighted by molar-refractivity contribution is 7.89. The van der Waals surface area contributed by atoms with E-state index in [4.69, 9.17) is 0 Å². The first-order valence-electron chi connectivity index (χ1n) is 6.97. The van der Waals surface area contributed by atoms with Crippen LogP contribution in [0.5, 0.6) is 0 Å². The maximum atomic E-state index is 11.6. The Labute approximate surface area is 106 Å². The normalized spacial score (nSPS) is 18.1. The number of hydrogen-bond acceptors (Lipinski definition) is 2. The fourth-order valence-corrected chi connectivity index (χ4v) is 3.76. The largest absolute Gasteiger partial charge is 0.215 e. The highest BCUT2D eigenvalue weighted by atomic mass is 32.2. The van der Waals surface area contributed by atoms with Gasteiger partial charge in [-0.25, -0.2) is 13.1 Å². The van der Waals surface area contributed by atoms with Crippen LogP contribution in [0.1, 0.15) is 58.8 Å². The Morgan fingerprint density at radius 1 is 1.24 bits per heavy atom. The summed E-state index contributed by atoms with van der Waals surface area (Å²) in [5, 5.41) is 0. The van der Waals surface area contributed by atoms with Gasteiger partial charge in [-0.3, -0.25) is 0 Å². The van der Waals surface area contributed by atoms with Gasteiger partial charge in [-0.15, -0.1) is 0 Å². The van der Waals surface area contributed by atoms with E-state index in [-0.39, 0.29) is 5.75 Å². The second-order valence-electron chi connectivity index (χ2n) is 5.69. The van der Waals surface area contributed by atoms with E-state index in [1.807, 2.05) is 0 Å². The predicted molar refractivity (Wildman–Crippen MR) is 72.4 cm³/mol. The summed E-state index contributed by atoms with van der Waals surface area (Å²) in [7, 11) is -3.02. The molecule has 0 radical (unpaired) electrons. The van der Waals surface area contributed by atoms with E-state index in [1.54, 1.807) is 0 Å². The number of nitrogens with one attached hydrogen (secondary N) is 1. The molecular formula is C13H27NO2S. The van der Waals surface area contributed by atoms with E-state index in [0.29, 0.717) is 12.5 Å². The second kappa shape index (κ2) is 7.37. The molecule has 0 unspecified atom stereocenters. The van der Waals surface area contributed by atoms with E-state index < -0.39 is 10.0 Å². The first kappa shape index (κ1) is 15.0. The minimum absolute atomic E-state index is 0.272. The fraction of sp³-hybridized carbons (Fsp3) is 1.00. The molecular weight excluding hydrogens is 234 g/mol. The van der Waals surface area contributed by atoms with Crippen molar-refractivity contribution in [2.45, 2.75) is 58.8 Å². The molecule has 0 aromatic rings. The Bertz CT molecular complexity index is 293. The van der Waals surface area contributed by atoms with Gasteiger partial charge in [0.1, 0.15) is 0 Å². The van der Waals surface area contributed by atoms with Crippen molar-refractivity contribution in [2.75, 3.05) is 12.3 Å². The van der Waals surface area contributed by atoms with Crippen LogP contribution in [0.3, 0.4) is 0 Å². The van der Waals surface area contributed by atoms with Crippen molar-refractivity contribution in [2.24, 2.45) is 11.8 Å². The van der Waals surface area contributed by atoms with Crippen molar-refractivity contribution in [1.82, 2.24) is 4.72 Å². The lowest BCUT2D eigenvalue weighted by Crippen LogP contribution is -2.28. The molecule has 4 heteroatoms. The number of sulfonamides is 1. The standard InChI is InChI=1S/C13H27NO2S/c1-12(2)9-11-17(15,16)14-10-5-8-13-6-3-4-7-13/h12-14H,3-11H2,1-2H3. The van der Waals surface area contributed by atoms with Crippen LogP contribution in [0.15, 0.2) is 0 Å². The maximum Gasteiger partial charge on any atom is 0.211 e. The summed E-state index contributed by atoms with van der Waals surface area (Å²) < 4.78 is 26.0. The quantitative estimate of drug-likeness (QED) is 0.683. The summed E-state index contributed by atoms with van der Waals surface area (Å²) in [5.74, 6) is 1.58. The molecule has 0 spiro atoms. The molecule has 1 fully saturated rings. The Kier molecular flexibility index (Phi) is 6.49. The van der Waals surface area contributed by atoms with E-state index in [0.717, 1.165) is 18.8 Å². The first-order chi connectivity index (χ1) is 7.99. The van der Waals surface area contributed by atoms with Gasteiger partial charge in [-0.05, 0) is 31.1 Å². The van der Waals surface area contributed by atoms with Gasteiger partial charge in [0.25, 0.3) is 0 Å². The lowest BCUT2D eigenvalue weighted by molar-refractivity contribution is 0.480. The smallest absolute Gasteiger partial charge is 0.211 e. The van der Waals surface area contributed by atoms with Gasteiger partial charge in [-0.1, -0.05) is 39.5 Å². The molecule has 17 heavy (non-hydrogen) atoms. The molecule has 0 aromatic carbocycles. The molecule has 0 aromatic heterocycles. The SMILES string of the molecule is CC(C)CCS(=O)(=O)NCCCC1CCCC1. The van der Waals surface area contributed by atoms with Crippen LogP contribution < -0.4 is 4.72 Å². The molecule has 0 heterocycles. The van der Waals surface area contributed by atoms with Gasteiger partial charge in [0, 0.05) is 6.54 Å². The van der Waals surface area contributed by atoms with Gasteiger partial charge in [0.2, 0.25) is 10.0 Å². The van der Waals surface area contributed by atoms with E-state index >= 15 is 0 Å². The Balaban J connectivity index is 2.07. The molecule has 1 N–H and O–H groups in total. The minimum atomic E-state index is -3.02. The van der Waals surface area contributed by atoms with Crippen molar-refractivity contribution in [3.63, 3.8) is 0 Å². The van der Waals surface area contributed by atoms with Gasteiger partial charge in [0.05, 0.1) is 5.75 Å². The van der Waals surface area contributed by atoms with Crippen LogP contribution in [-0.4, -0.2) is 20.7 Å². The van der Waals surface area contributed by atoms with Crippen LogP contribution in [0.4, 0.5) is 0 Å². The third-order valence-electron chi connectivity index (χ3n) is 3.55. The minimum Gasteiger partial charge on any atom is -0.215 e. The maximum absolute atomic E-state index is 11.6. The number of rotatable bonds is 8. The monoisotopic (exact) mass is 261 g/mol. The van der Waals surface area contributed by atoms with Crippen molar-refractivity contribution < 1.29 is 8.42 Å². The molecule has 1 aliphatic rings. The average molecular weight is 261 g/mol. The van der Waals surface area contributed by atoms with E-state index in [9.17, 15) is 8.42 Å². The molecule has 1 aliphatic carbocycles. The Morgan fingerprint density at radius 3 is 2.47 bits per heavy atom. The van der Waals surface area contributed by atoms with Crippen molar-refractivity contribution in [3.05, 3.63) is 0 Å². The second-order valence-corrected chi connectivity index (χ2v) is 7.61. The Hall–Kier alpha value is -0.0900. The molecule has 102 valence electrons. The molecule has 0 amide bonds. The lowest BCUT2D eigenvalue weighted by atomic mass is 10.0. The third kappa shape index (κ3) is 7.04. The molecule has 3 nitrogen and oxygen atoms in total. The van der Waals surface area contributed by atoms with E-state index in [1.165, 1.54) is 32.1 Å². The van der Waals surface area contributed by atoms with Crippen LogP contribution >= 0.6 is 0 Å².